The van der Waals surface area contributed by atoms with Crippen LogP contribution in [0.25, 0.3) is 0 Å². The highest BCUT2D eigenvalue weighted by molar-refractivity contribution is 6.21. The van der Waals surface area contributed by atoms with Crippen LogP contribution in [-0.2, 0) is 4.74 Å². The predicted octanol–water partition coefficient (Wildman–Crippen LogP) is 2.59. The summed E-state index contributed by atoms with van der Waals surface area (Å²) in [5.74, 6) is -0.601. The Morgan fingerprint density at radius 2 is 1.52 bits per heavy atom. The number of rotatable bonds is 0. The van der Waals surface area contributed by atoms with Gasteiger partial charge < -0.3 is 9.64 Å². The van der Waals surface area contributed by atoms with E-state index in [-0.39, 0.29) is 23.5 Å². The van der Waals surface area contributed by atoms with Crippen molar-refractivity contribution in [1.82, 2.24) is 10.2 Å². The molecule has 0 unspecified atom stereocenters. The molecule has 0 bridgehead atoms. The molecule has 3 rings (SSSR count). The monoisotopic (exact) mass is 318 g/mol. The van der Waals surface area contributed by atoms with Gasteiger partial charge >= 0.3 is 6.09 Å². The Labute approximate surface area is 135 Å². The molecular weight excluding hydrogens is 296 g/mol. The molecule has 124 valence electrons. The molecule has 2 heterocycles. The molecule has 6 heteroatoms. The van der Waals surface area contributed by atoms with Crippen LogP contribution in [0.5, 0.6) is 0 Å². The van der Waals surface area contributed by atoms with Crippen molar-refractivity contribution >= 4 is 17.9 Å². The first-order valence-corrected chi connectivity index (χ1v) is 7.70. The molecule has 0 aromatic heterocycles. The normalized spacial score (nSPS) is 16.4. The lowest BCUT2D eigenvalue weighted by Gasteiger charge is -2.23. The van der Waals surface area contributed by atoms with Crippen LogP contribution in [0.4, 0.5) is 4.79 Å². The van der Waals surface area contributed by atoms with E-state index in [1.54, 1.807) is 29.2 Å². The summed E-state index contributed by atoms with van der Waals surface area (Å²) in [6, 6.07) is 6.74. The Hall–Kier alpha value is -2.37. The number of carbonyl (C=O) groups is 3. The number of fused-ring (bicyclic) bond motifs is 1. The van der Waals surface area contributed by atoms with Gasteiger partial charge in [0.2, 0.25) is 0 Å². The first kappa shape index (κ1) is 17.0. The molecular formula is C17H22N2O4. The van der Waals surface area contributed by atoms with E-state index in [1.807, 2.05) is 20.8 Å². The summed E-state index contributed by atoms with van der Waals surface area (Å²) in [7, 11) is 0. The van der Waals surface area contributed by atoms with Gasteiger partial charge in [0.25, 0.3) is 11.8 Å². The minimum Gasteiger partial charge on any atom is -0.444 e. The third-order valence-corrected chi connectivity index (χ3v) is 3.40. The van der Waals surface area contributed by atoms with Gasteiger partial charge in [0.1, 0.15) is 5.60 Å². The molecule has 1 aromatic carbocycles. The lowest BCUT2D eigenvalue weighted by atomic mass is 10.1. The average molecular weight is 318 g/mol. The topological polar surface area (TPSA) is 75.7 Å². The van der Waals surface area contributed by atoms with Gasteiger partial charge in [-0.25, -0.2) is 4.79 Å². The van der Waals surface area contributed by atoms with Crippen molar-refractivity contribution in [3.8, 4) is 0 Å². The summed E-state index contributed by atoms with van der Waals surface area (Å²) in [5, 5.41) is 2.20. The van der Waals surface area contributed by atoms with Crippen LogP contribution in [0.15, 0.2) is 24.3 Å². The number of carbonyl (C=O) groups excluding carboxylic acids is 3. The second-order valence-corrected chi connectivity index (χ2v) is 6.50. The predicted molar refractivity (Wildman–Crippen MR) is 85.3 cm³/mol. The number of hydrogen-bond acceptors (Lipinski definition) is 4. The number of ether oxygens (including phenoxy) is 1. The van der Waals surface area contributed by atoms with E-state index in [0.29, 0.717) is 11.1 Å². The van der Waals surface area contributed by atoms with Crippen LogP contribution < -0.4 is 5.32 Å². The van der Waals surface area contributed by atoms with Crippen LogP contribution in [0.1, 0.15) is 54.3 Å². The number of nitrogens with one attached hydrogen (secondary N) is 1. The van der Waals surface area contributed by atoms with Crippen molar-refractivity contribution in [3.63, 3.8) is 0 Å². The number of likely N-dealkylation sites (tertiary alicyclic amines) is 1. The Bertz CT molecular complexity index is 580. The molecule has 2 aliphatic heterocycles. The Balaban J connectivity index is 0.000000167. The molecule has 0 atom stereocenters. The fraction of sp³-hybridized carbons (Fsp3) is 0.471. The molecule has 1 fully saturated rings. The molecule has 6 nitrogen and oxygen atoms in total. The molecule has 3 amide bonds. The summed E-state index contributed by atoms with van der Waals surface area (Å²) < 4.78 is 5.21. The van der Waals surface area contributed by atoms with Gasteiger partial charge in [-0.05, 0) is 45.7 Å². The molecule has 0 radical (unpaired) electrons. The van der Waals surface area contributed by atoms with E-state index >= 15 is 0 Å². The minimum absolute atomic E-state index is 0.167. The third-order valence-electron chi connectivity index (χ3n) is 3.40. The van der Waals surface area contributed by atoms with E-state index in [4.69, 9.17) is 4.74 Å². The zero-order valence-electron chi connectivity index (χ0n) is 13.7. The van der Waals surface area contributed by atoms with Crippen molar-refractivity contribution in [2.24, 2.45) is 0 Å². The highest BCUT2D eigenvalue weighted by Gasteiger charge is 2.25. The van der Waals surface area contributed by atoms with Crippen LogP contribution in [0.2, 0.25) is 0 Å². The molecule has 0 saturated carbocycles. The van der Waals surface area contributed by atoms with Crippen LogP contribution in [0, 0.1) is 0 Å². The third kappa shape index (κ3) is 4.55. The number of hydrogen-bond donors (Lipinski definition) is 1. The maximum absolute atomic E-state index is 11.4. The smallest absolute Gasteiger partial charge is 0.410 e. The standard InChI is InChI=1S/C9H17NO2.C8H5NO2/c1-9(2,3)12-8(11)10-6-4-5-7-10;10-7-5-3-1-2-4-6(5)8(11)9-7/h4-7H2,1-3H3;1-4H,(H,9,10,11). The average Bonchev–Trinajstić information content (AvgIpc) is 3.08. The molecule has 2 aliphatic rings. The van der Waals surface area contributed by atoms with E-state index in [1.165, 1.54) is 0 Å². The quantitative estimate of drug-likeness (QED) is 0.746. The molecule has 0 spiro atoms. The molecule has 1 aromatic rings. The first-order valence-electron chi connectivity index (χ1n) is 7.70. The highest BCUT2D eigenvalue weighted by Crippen LogP contribution is 2.14. The zero-order chi connectivity index (χ0) is 17.0. The number of nitrogens with zero attached hydrogens (tertiary/aromatic N) is 1. The van der Waals surface area contributed by atoms with Gasteiger partial charge in [-0.15, -0.1) is 0 Å². The van der Waals surface area contributed by atoms with Gasteiger partial charge in [-0.1, -0.05) is 12.1 Å². The fourth-order valence-corrected chi connectivity index (χ4v) is 2.34. The maximum atomic E-state index is 11.4. The Morgan fingerprint density at radius 1 is 1.04 bits per heavy atom. The van der Waals surface area contributed by atoms with Crippen LogP contribution >= 0.6 is 0 Å². The van der Waals surface area contributed by atoms with Gasteiger partial charge in [0, 0.05) is 13.1 Å². The molecule has 1 saturated heterocycles. The maximum Gasteiger partial charge on any atom is 0.410 e. The SMILES string of the molecule is CC(C)(C)OC(=O)N1CCCC1.O=C1NC(=O)c2ccccc21. The lowest BCUT2D eigenvalue weighted by molar-refractivity contribution is 0.0295. The second-order valence-electron chi connectivity index (χ2n) is 6.50. The van der Waals surface area contributed by atoms with Crippen molar-refractivity contribution in [2.75, 3.05) is 13.1 Å². The molecule has 0 aliphatic carbocycles. The summed E-state index contributed by atoms with van der Waals surface area (Å²) >= 11 is 0. The highest BCUT2D eigenvalue weighted by atomic mass is 16.6. The van der Waals surface area contributed by atoms with Crippen molar-refractivity contribution in [3.05, 3.63) is 35.4 Å². The van der Waals surface area contributed by atoms with Crippen molar-refractivity contribution < 1.29 is 19.1 Å². The van der Waals surface area contributed by atoms with Crippen molar-refractivity contribution in [1.29, 1.82) is 0 Å². The zero-order valence-corrected chi connectivity index (χ0v) is 13.7. The second kappa shape index (κ2) is 6.81. The number of benzene rings is 1. The Morgan fingerprint density at radius 3 is 1.96 bits per heavy atom. The Kier molecular flexibility index (Phi) is 5.03. The van der Waals surface area contributed by atoms with E-state index in [0.717, 1.165) is 25.9 Å². The van der Waals surface area contributed by atoms with Gasteiger partial charge in [0.15, 0.2) is 0 Å². The largest absolute Gasteiger partial charge is 0.444 e. The van der Waals surface area contributed by atoms with Crippen LogP contribution in [-0.4, -0.2) is 41.5 Å². The fourth-order valence-electron chi connectivity index (χ4n) is 2.34. The summed E-state index contributed by atoms with van der Waals surface area (Å²) in [6.07, 6.45) is 2.05. The molecule has 23 heavy (non-hydrogen) atoms. The van der Waals surface area contributed by atoms with Gasteiger partial charge in [0.05, 0.1) is 11.1 Å². The minimum atomic E-state index is -0.361. The number of amides is 3. The van der Waals surface area contributed by atoms with E-state index in [2.05, 4.69) is 5.32 Å². The van der Waals surface area contributed by atoms with Crippen LogP contribution in [0.3, 0.4) is 0 Å². The van der Waals surface area contributed by atoms with Crippen molar-refractivity contribution in [2.45, 2.75) is 39.2 Å². The number of imide groups is 1. The first-order chi connectivity index (χ1) is 10.8. The molecule has 1 N–H and O–H groups in total. The van der Waals surface area contributed by atoms with Gasteiger partial charge in [-0.3, -0.25) is 14.9 Å². The summed E-state index contributed by atoms with van der Waals surface area (Å²) in [6.45, 7) is 7.38. The van der Waals surface area contributed by atoms with E-state index < -0.39 is 0 Å². The van der Waals surface area contributed by atoms with Gasteiger partial charge in [-0.2, -0.15) is 0 Å². The van der Waals surface area contributed by atoms with E-state index in [9.17, 15) is 14.4 Å². The lowest BCUT2D eigenvalue weighted by Crippen LogP contribution is -2.34. The summed E-state index contributed by atoms with van der Waals surface area (Å²) in [4.78, 5) is 35.0. The summed E-state index contributed by atoms with van der Waals surface area (Å²) in [5.41, 5.74) is 0.578.